The van der Waals surface area contributed by atoms with Crippen LogP contribution in [0.4, 0.5) is 0 Å². The average Bonchev–Trinajstić information content (AvgIpc) is 2.18. The molecule has 0 aromatic rings. The van der Waals surface area contributed by atoms with Crippen LogP contribution in [0.25, 0.3) is 0 Å². The molecule has 0 aliphatic heterocycles. The normalized spacial score (nSPS) is 33.5. The van der Waals surface area contributed by atoms with Gasteiger partial charge in [0.2, 0.25) is 0 Å². The molecule has 17 heavy (non-hydrogen) atoms. The minimum Gasteiger partial charge on any atom is -0.481 e. The molecule has 0 heterocycles. The van der Waals surface area contributed by atoms with Gasteiger partial charge in [-0.3, -0.25) is 9.59 Å². The van der Waals surface area contributed by atoms with E-state index in [1.807, 2.05) is 46.8 Å². The second kappa shape index (κ2) is 4.63. The Hall–Kier alpha value is -1.12. The zero-order chi connectivity index (χ0) is 13.4. The first-order valence-corrected chi connectivity index (χ1v) is 6.11. The number of carboxylic acids is 1. The summed E-state index contributed by atoms with van der Waals surface area (Å²) in [6.45, 7) is 9.34. The molecule has 1 aliphatic rings. The van der Waals surface area contributed by atoms with Gasteiger partial charge >= 0.3 is 5.97 Å². The van der Waals surface area contributed by atoms with Gasteiger partial charge in [-0.1, -0.05) is 46.8 Å². The predicted molar refractivity (Wildman–Crippen MR) is 66.5 cm³/mol. The van der Waals surface area contributed by atoms with Crippen molar-refractivity contribution in [2.75, 3.05) is 0 Å². The smallest absolute Gasteiger partial charge is 0.307 e. The van der Waals surface area contributed by atoms with Gasteiger partial charge in [-0.25, -0.2) is 0 Å². The molecule has 0 amide bonds. The summed E-state index contributed by atoms with van der Waals surface area (Å²) in [6.07, 6.45) is 3.88. The molecule has 4 atom stereocenters. The van der Waals surface area contributed by atoms with Gasteiger partial charge in [0.1, 0.15) is 5.78 Å². The second-order valence-electron chi connectivity index (χ2n) is 6.11. The van der Waals surface area contributed by atoms with E-state index in [1.165, 1.54) is 0 Å². The van der Waals surface area contributed by atoms with Crippen LogP contribution in [0.15, 0.2) is 12.2 Å². The third kappa shape index (κ3) is 2.76. The van der Waals surface area contributed by atoms with Gasteiger partial charge in [0.05, 0.1) is 5.92 Å². The van der Waals surface area contributed by atoms with Crippen LogP contribution in [0.2, 0.25) is 0 Å². The van der Waals surface area contributed by atoms with E-state index in [9.17, 15) is 14.7 Å². The minimum absolute atomic E-state index is 0.000903. The number of ketones is 1. The van der Waals surface area contributed by atoms with E-state index >= 15 is 0 Å². The number of carbonyl (C=O) groups is 2. The summed E-state index contributed by atoms with van der Waals surface area (Å²) >= 11 is 0. The first-order chi connectivity index (χ1) is 7.66. The van der Waals surface area contributed by atoms with Crippen LogP contribution < -0.4 is 0 Å². The molecule has 0 radical (unpaired) electrons. The van der Waals surface area contributed by atoms with Gasteiger partial charge in [0.25, 0.3) is 0 Å². The Kier molecular flexibility index (Phi) is 3.80. The molecule has 0 fully saturated rings. The molecular weight excluding hydrogens is 216 g/mol. The van der Waals surface area contributed by atoms with E-state index in [1.54, 1.807) is 0 Å². The molecule has 3 nitrogen and oxygen atoms in total. The highest BCUT2D eigenvalue weighted by atomic mass is 16.4. The number of carbonyl (C=O) groups excluding carboxylic acids is 1. The maximum absolute atomic E-state index is 12.4. The number of hydrogen-bond acceptors (Lipinski definition) is 2. The standard InChI is InChI=1S/C14H22O3/c1-8-6-7-9(2)11(13(16)17)10(8)12(15)14(3,4)5/h6-11H,1-5H3,(H,16,17). The van der Waals surface area contributed by atoms with Gasteiger partial charge < -0.3 is 5.11 Å². The zero-order valence-electron chi connectivity index (χ0n) is 11.2. The Labute approximate surface area is 103 Å². The number of carboxylic acid groups (broad SMARTS) is 1. The third-order valence-corrected chi connectivity index (χ3v) is 3.57. The third-order valence-electron chi connectivity index (χ3n) is 3.57. The van der Waals surface area contributed by atoms with Crippen LogP contribution in [0.5, 0.6) is 0 Å². The lowest BCUT2D eigenvalue weighted by molar-refractivity contribution is -0.151. The summed E-state index contributed by atoms with van der Waals surface area (Å²) < 4.78 is 0. The fourth-order valence-corrected chi connectivity index (χ4v) is 2.52. The number of aliphatic carboxylic acids is 1. The van der Waals surface area contributed by atoms with Crippen LogP contribution in [0.1, 0.15) is 34.6 Å². The van der Waals surface area contributed by atoms with Crippen LogP contribution in [-0.4, -0.2) is 16.9 Å². The van der Waals surface area contributed by atoms with Crippen molar-refractivity contribution in [1.29, 1.82) is 0 Å². The highest BCUT2D eigenvalue weighted by Gasteiger charge is 2.44. The Morgan fingerprint density at radius 2 is 1.41 bits per heavy atom. The fraction of sp³-hybridized carbons (Fsp3) is 0.714. The maximum atomic E-state index is 12.4. The second-order valence-corrected chi connectivity index (χ2v) is 6.11. The summed E-state index contributed by atoms with van der Waals surface area (Å²) in [7, 11) is 0. The van der Waals surface area contributed by atoms with Gasteiger partial charge in [0.15, 0.2) is 0 Å². The monoisotopic (exact) mass is 238 g/mol. The van der Waals surface area contributed by atoms with Crippen molar-refractivity contribution in [1.82, 2.24) is 0 Å². The van der Waals surface area contributed by atoms with Gasteiger partial charge in [-0.05, 0) is 11.8 Å². The lowest BCUT2D eigenvalue weighted by atomic mass is 9.65. The average molecular weight is 238 g/mol. The fourth-order valence-electron chi connectivity index (χ4n) is 2.52. The minimum atomic E-state index is -0.865. The molecule has 1 N–H and O–H groups in total. The van der Waals surface area contributed by atoms with E-state index in [4.69, 9.17) is 0 Å². The topological polar surface area (TPSA) is 54.4 Å². The number of Topliss-reactive ketones (excluding diaryl/α,β-unsaturated/α-hetero) is 1. The lowest BCUT2D eigenvalue weighted by Gasteiger charge is -2.36. The summed E-state index contributed by atoms with van der Waals surface area (Å²) in [5.41, 5.74) is -0.489. The van der Waals surface area contributed by atoms with Gasteiger partial charge in [0, 0.05) is 11.3 Å². The molecule has 0 aromatic carbocycles. The lowest BCUT2D eigenvalue weighted by Crippen LogP contribution is -2.43. The molecule has 0 saturated heterocycles. The van der Waals surface area contributed by atoms with Gasteiger partial charge in [-0.2, -0.15) is 0 Å². The molecule has 0 bridgehead atoms. The molecule has 1 aliphatic carbocycles. The van der Waals surface area contributed by atoms with Crippen LogP contribution in [0.3, 0.4) is 0 Å². The summed E-state index contributed by atoms with van der Waals surface area (Å²) in [5.74, 6) is -1.90. The molecule has 96 valence electrons. The van der Waals surface area contributed by atoms with Crippen molar-refractivity contribution >= 4 is 11.8 Å². The van der Waals surface area contributed by atoms with E-state index in [2.05, 4.69) is 0 Å². The Morgan fingerprint density at radius 1 is 1.00 bits per heavy atom. The van der Waals surface area contributed by atoms with Crippen molar-refractivity contribution in [3.63, 3.8) is 0 Å². The summed E-state index contributed by atoms with van der Waals surface area (Å²) in [6, 6.07) is 0. The quantitative estimate of drug-likeness (QED) is 0.753. The molecule has 0 spiro atoms. The maximum Gasteiger partial charge on any atom is 0.307 e. The predicted octanol–water partition coefficient (Wildman–Crippen LogP) is 2.76. The number of allylic oxidation sites excluding steroid dienone is 2. The van der Waals surface area contributed by atoms with Crippen molar-refractivity contribution < 1.29 is 14.7 Å². The van der Waals surface area contributed by atoms with Crippen molar-refractivity contribution in [2.45, 2.75) is 34.6 Å². The summed E-state index contributed by atoms with van der Waals surface area (Å²) in [4.78, 5) is 23.8. The first-order valence-electron chi connectivity index (χ1n) is 6.11. The summed E-state index contributed by atoms with van der Waals surface area (Å²) in [5, 5.41) is 9.33. The van der Waals surface area contributed by atoms with Crippen molar-refractivity contribution in [2.24, 2.45) is 29.1 Å². The zero-order valence-corrected chi connectivity index (χ0v) is 11.2. The number of rotatable bonds is 2. The largest absolute Gasteiger partial charge is 0.481 e. The van der Waals surface area contributed by atoms with Crippen LogP contribution in [-0.2, 0) is 9.59 Å². The first kappa shape index (κ1) is 13.9. The molecule has 1 rings (SSSR count). The highest BCUT2D eigenvalue weighted by Crippen LogP contribution is 2.38. The van der Waals surface area contributed by atoms with Crippen molar-refractivity contribution in [3.05, 3.63) is 12.2 Å². The molecule has 0 aromatic heterocycles. The van der Waals surface area contributed by atoms with Crippen molar-refractivity contribution in [3.8, 4) is 0 Å². The van der Waals surface area contributed by atoms with Crippen LogP contribution in [0, 0.1) is 29.1 Å². The Bertz CT molecular complexity index is 349. The van der Waals surface area contributed by atoms with E-state index in [0.717, 1.165) is 0 Å². The Balaban J connectivity index is 3.13. The highest BCUT2D eigenvalue weighted by molar-refractivity contribution is 5.90. The van der Waals surface area contributed by atoms with E-state index in [-0.39, 0.29) is 17.6 Å². The molecular formula is C14H22O3. The number of hydrogen-bond donors (Lipinski definition) is 1. The molecule has 3 heteroatoms. The van der Waals surface area contributed by atoms with E-state index in [0.29, 0.717) is 0 Å². The SMILES string of the molecule is CC1C=CC(C)C(C(=O)C(C)(C)C)C1C(=O)O. The molecule has 4 unspecified atom stereocenters. The Morgan fingerprint density at radius 3 is 1.76 bits per heavy atom. The molecule has 0 saturated carbocycles. The van der Waals surface area contributed by atoms with E-state index < -0.39 is 23.2 Å². The van der Waals surface area contributed by atoms with Gasteiger partial charge in [-0.15, -0.1) is 0 Å². The van der Waals surface area contributed by atoms with Crippen LogP contribution >= 0.6 is 0 Å².